The lowest BCUT2D eigenvalue weighted by Gasteiger charge is -2.11. The van der Waals surface area contributed by atoms with E-state index in [1.807, 2.05) is 26.0 Å². The maximum Gasteiger partial charge on any atom is 0.269 e. The van der Waals surface area contributed by atoms with Crippen LogP contribution < -0.4 is 15.6 Å². The third-order valence-corrected chi connectivity index (χ3v) is 3.81. The van der Waals surface area contributed by atoms with Gasteiger partial charge < -0.3 is 4.74 Å². The summed E-state index contributed by atoms with van der Waals surface area (Å²) in [6.07, 6.45) is 3.15. The first-order chi connectivity index (χ1) is 13.5. The van der Waals surface area contributed by atoms with Crippen molar-refractivity contribution in [3.8, 4) is 5.75 Å². The van der Waals surface area contributed by atoms with Crippen LogP contribution in [0.25, 0.3) is 0 Å². The molecule has 0 aliphatic heterocycles. The van der Waals surface area contributed by atoms with Crippen LogP contribution in [0, 0.1) is 0 Å². The van der Waals surface area contributed by atoms with E-state index in [9.17, 15) is 9.59 Å². The molecular weight excluding hydrogens is 358 g/mol. The average Bonchev–Trinajstić information content (AvgIpc) is 3.19. The van der Waals surface area contributed by atoms with Gasteiger partial charge in [0.15, 0.2) is 0 Å². The maximum atomic E-state index is 12.2. The van der Waals surface area contributed by atoms with Gasteiger partial charge in [0.1, 0.15) is 18.4 Å². The highest BCUT2D eigenvalue weighted by atomic mass is 16.5. The van der Waals surface area contributed by atoms with Gasteiger partial charge in [0.05, 0.1) is 12.6 Å². The Labute approximate surface area is 162 Å². The molecule has 8 nitrogen and oxygen atoms in total. The van der Waals surface area contributed by atoms with E-state index in [-0.39, 0.29) is 6.10 Å². The minimum Gasteiger partial charge on any atom is -0.491 e. The highest BCUT2D eigenvalue weighted by molar-refractivity contribution is 5.99. The Morgan fingerprint density at radius 3 is 2.04 bits per heavy atom. The Morgan fingerprint density at radius 2 is 1.54 bits per heavy atom. The van der Waals surface area contributed by atoms with Gasteiger partial charge in [0.25, 0.3) is 11.8 Å². The van der Waals surface area contributed by atoms with Crippen molar-refractivity contribution in [1.29, 1.82) is 0 Å². The van der Waals surface area contributed by atoms with Gasteiger partial charge in [-0.25, -0.2) is 9.67 Å². The molecule has 8 heteroatoms. The number of nitrogens with one attached hydrogen (secondary N) is 2. The third kappa shape index (κ3) is 5.16. The fourth-order valence-electron chi connectivity index (χ4n) is 2.48. The van der Waals surface area contributed by atoms with Crippen molar-refractivity contribution in [3.05, 3.63) is 77.9 Å². The number of carbonyl (C=O) groups is 2. The first-order valence-corrected chi connectivity index (χ1v) is 8.80. The number of amides is 2. The molecule has 3 rings (SSSR count). The molecule has 2 N–H and O–H groups in total. The second-order valence-electron chi connectivity index (χ2n) is 6.39. The predicted octanol–water partition coefficient (Wildman–Crippen LogP) is 2.19. The predicted molar refractivity (Wildman–Crippen MR) is 103 cm³/mol. The lowest BCUT2D eigenvalue weighted by molar-refractivity contribution is 0.0846. The molecule has 0 aliphatic carbocycles. The standard InChI is InChI=1S/C20H21N5O3/c1-14(2)28-18-9-7-17(8-10-18)20(27)24-23-19(26)16-5-3-15(4-6-16)11-25-13-21-12-22-25/h3-10,12-14H,11H2,1-2H3,(H,23,26)(H,24,27). The zero-order chi connectivity index (χ0) is 19.9. The lowest BCUT2D eigenvalue weighted by Crippen LogP contribution is -2.41. The first-order valence-electron chi connectivity index (χ1n) is 8.80. The van der Waals surface area contributed by atoms with Crippen LogP contribution in [0.15, 0.2) is 61.2 Å². The van der Waals surface area contributed by atoms with E-state index in [0.717, 1.165) is 5.56 Å². The number of hydrogen-bond donors (Lipinski definition) is 2. The molecule has 144 valence electrons. The number of nitrogens with zero attached hydrogens (tertiary/aromatic N) is 3. The van der Waals surface area contributed by atoms with Crippen molar-refractivity contribution in [1.82, 2.24) is 25.6 Å². The molecule has 0 atom stereocenters. The third-order valence-electron chi connectivity index (χ3n) is 3.81. The SMILES string of the molecule is CC(C)Oc1ccc(C(=O)NNC(=O)c2ccc(Cn3cncn3)cc2)cc1. The van der Waals surface area contributed by atoms with Gasteiger partial charge in [-0.05, 0) is 55.8 Å². The van der Waals surface area contributed by atoms with E-state index in [4.69, 9.17) is 4.74 Å². The first kappa shape index (κ1) is 19.1. The fourth-order valence-corrected chi connectivity index (χ4v) is 2.48. The summed E-state index contributed by atoms with van der Waals surface area (Å²) in [5, 5.41) is 4.04. The largest absolute Gasteiger partial charge is 0.491 e. The summed E-state index contributed by atoms with van der Waals surface area (Å²) < 4.78 is 7.22. The van der Waals surface area contributed by atoms with Gasteiger partial charge in [-0.1, -0.05) is 12.1 Å². The van der Waals surface area contributed by atoms with Crippen molar-refractivity contribution in [3.63, 3.8) is 0 Å². The van der Waals surface area contributed by atoms with Crippen LogP contribution in [0.5, 0.6) is 5.75 Å². The maximum absolute atomic E-state index is 12.2. The Bertz CT molecular complexity index is 919. The van der Waals surface area contributed by atoms with Crippen LogP contribution in [-0.2, 0) is 6.54 Å². The summed E-state index contributed by atoms with van der Waals surface area (Å²) >= 11 is 0. The molecule has 0 aliphatic rings. The number of hydrazine groups is 1. The monoisotopic (exact) mass is 379 g/mol. The number of aromatic nitrogens is 3. The van der Waals surface area contributed by atoms with Gasteiger partial charge >= 0.3 is 0 Å². The van der Waals surface area contributed by atoms with Gasteiger partial charge in [-0.15, -0.1) is 0 Å². The summed E-state index contributed by atoms with van der Waals surface area (Å²) in [5.74, 6) is -0.130. The second kappa shape index (κ2) is 8.81. The smallest absolute Gasteiger partial charge is 0.269 e. The Kier molecular flexibility index (Phi) is 6.01. The Hall–Kier alpha value is -3.68. The van der Waals surface area contributed by atoms with Gasteiger partial charge in [0.2, 0.25) is 0 Å². The quantitative estimate of drug-likeness (QED) is 0.640. The summed E-state index contributed by atoms with van der Waals surface area (Å²) in [5.41, 5.74) is 6.65. The van der Waals surface area contributed by atoms with Crippen LogP contribution in [0.2, 0.25) is 0 Å². The minimum atomic E-state index is -0.410. The average molecular weight is 379 g/mol. The van der Waals surface area contributed by atoms with Crippen LogP contribution in [-0.4, -0.2) is 32.7 Å². The molecule has 28 heavy (non-hydrogen) atoms. The molecule has 0 saturated heterocycles. The van der Waals surface area contributed by atoms with Crippen molar-refractivity contribution in [2.75, 3.05) is 0 Å². The number of benzene rings is 2. The van der Waals surface area contributed by atoms with Gasteiger partial charge in [-0.3, -0.25) is 20.4 Å². The molecule has 0 fully saturated rings. The summed E-state index contributed by atoms with van der Waals surface area (Å²) in [4.78, 5) is 28.3. The molecule has 0 radical (unpaired) electrons. The van der Waals surface area contributed by atoms with Gasteiger partial charge in [0, 0.05) is 11.1 Å². The normalized spacial score (nSPS) is 10.5. The van der Waals surface area contributed by atoms with Crippen LogP contribution in [0.4, 0.5) is 0 Å². The zero-order valence-electron chi connectivity index (χ0n) is 15.6. The van der Waals surface area contributed by atoms with Crippen molar-refractivity contribution < 1.29 is 14.3 Å². The van der Waals surface area contributed by atoms with E-state index in [0.29, 0.717) is 23.4 Å². The molecule has 2 amide bonds. The highest BCUT2D eigenvalue weighted by Gasteiger charge is 2.10. The molecule has 0 unspecified atom stereocenters. The molecule has 1 heterocycles. The van der Waals surface area contributed by atoms with Crippen molar-refractivity contribution in [2.24, 2.45) is 0 Å². The molecule has 0 spiro atoms. The molecule has 0 saturated carbocycles. The van der Waals surface area contributed by atoms with E-state index >= 15 is 0 Å². The highest BCUT2D eigenvalue weighted by Crippen LogP contribution is 2.13. The second-order valence-corrected chi connectivity index (χ2v) is 6.39. The number of carbonyl (C=O) groups excluding carboxylic acids is 2. The Morgan fingerprint density at radius 1 is 0.964 bits per heavy atom. The van der Waals surface area contributed by atoms with E-state index in [1.165, 1.54) is 6.33 Å². The topological polar surface area (TPSA) is 98.1 Å². The van der Waals surface area contributed by atoms with Gasteiger partial charge in [-0.2, -0.15) is 5.10 Å². The number of hydrogen-bond acceptors (Lipinski definition) is 5. The van der Waals surface area contributed by atoms with E-state index < -0.39 is 11.8 Å². The molecular formula is C20H21N5O3. The molecule has 3 aromatic rings. The number of ether oxygens (including phenoxy) is 1. The fraction of sp³-hybridized carbons (Fsp3) is 0.200. The summed E-state index contributed by atoms with van der Waals surface area (Å²) in [7, 11) is 0. The van der Waals surface area contributed by atoms with Crippen molar-refractivity contribution in [2.45, 2.75) is 26.5 Å². The zero-order valence-corrected chi connectivity index (χ0v) is 15.6. The minimum absolute atomic E-state index is 0.0570. The van der Waals surface area contributed by atoms with Crippen LogP contribution in [0.3, 0.4) is 0 Å². The van der Waals surface area contributed by atoms with E-state index in [1.54, 1.807) is 47.4 Å². The molecule has 1 aromatic heterocycles. The summed E-state index contributed by atoms with van der Waals surface area (Å²) in [6, 6.07) is 13.7. The Balaban J connectivity index is 1.52. The number of rotatable bonds is 6. The summed E-state index contributed by atoms with van der Waals surface area (Å²) in [6.45, 7) is 4.42. The lowest BCUT2D eigenvalue weighted by atomic mass is 10.1. The molecule has 0 bridgehead atoms. The van der Waals surface area contributed by atoms with Crippen LogP contribution in [0.1, 0.15) is 40.1 Å². The van der Waals surface area contributed by atoms with E-state index in [2.05, 4.69) is 20.9 Å². The van der Waals surface area contributed by atoms with Crippen molar-refractivity contribution >= 4 is 11.8 Å². The van der Waals surface area contributed by atoms with Crippen LogP contribution >= 0.6 is 0 Å². The molecule has 2 aromatic carbocycles.